The van der Waals surface area contributed by atoms with E-state index in [1.54, 1.807) is 7.11 Å². The lowest BCUT2D eigenvalue weighted by Gasteiger charge is -2.15. The van der Waals surface area contributed by atoms with Crippen LogP contribution in [0.4, 0.5) is 0 Å². The lowest BCUT2D eigenvalue weighted by atomic mass is 9.98. The van der Waals surface area contributed by atoms with Crippen LogP contribution in [-0.4, -0.2) is 26.1 Å². The average Bonchev–Trinajstić information content (AvgIpc) is 2.57. The summed E-state index contributed by atoms with van der Waals surface area (Å²) in [6.07, 6.45) is 0.759. The van der Waals surface area contributed by atoms with Gasteiger partial charge in [-0.15, -0.1) is 0 Å². The molecule has 0 bridgehead atoms. The first kappa shape index (κ1) is 16.0. The van der Waals surface area contributed by atoms with Gasteiger partial charge in [-0.05, 0) is 29.7 Å². The van der Waals surface area contributed by atoms with Gasteiger partial charge in [0, 0.05) is 13.1 Å². The van der Waals surface area contributed by atoms with Crippen LogP contribution in [0.25, 0.3) is 0 Å². The minimum absolute atomic E-state index is 0.0309. The molecule has 0 aromatic heterocycles. The van der Waals surface area contributed by atoms with Crippen molar-refractivity contribution >= 4 is 5.91 Å². The van der Waals surface area contributed by atoms with Gasteiger partial charge in [0.15, 0.2) is 0 Å². The zero-order valence-corrected chi connectivity index (χ0v) is 12.8. The highest BCUT2D eigenvalue weighted by Crippen LogP contribution is 2.15. The van der Waals surface area contributed by atoms with Crippen LogP contribution < -0.4 is 15.8 Å². The number of nitrogens with one attached hydrogen (secondary N) is 1. The van der Waals surface area contributed by atoms with E-state index in [2.05, 4.69) is 5.32 Å². The Morgan fingerprint density at radius 1 is 1.18 bits per heavy atom. The first-order valence-corrected chi connectivity index (χ1v) is 7.40. The SMILES string of the molecule is COc1cccc(CCNC(=O)C(CN)c2ccccc2)c1. The molecular formula is C18H22N2O2. The van der Waals surface area contributed by atoms with Crippen molar-refractivity contribution in [3.8, 4) is 5.75 Å². The summed E-state index contributed by atoms with van der Waals surface area (Å²) in [5, 5.41) is 2.96. The van der Waals surface area contributed by atoms with Crippen molar-refractivity contribution < 1.29 is 9.53 Å². The molecule has 1 unspecified atom stereocenters. The molecule has 0 saturated heterocycles. The van der Waals surface area contributed by atoms with Gasteiger partial charge in [0.25, 0.3) is 0 Å². The third-order valence-corrected chi connectivity index (χ3v) is 3.60. The number of nitrogens with two attached hydrogens (primary N) is 1. The van der Waals surface area contributed by atoms with Gasteiger partial charge < -0.3 is 15.8 Å². The van der Waals surface area contributed by atoms with E-state index in [4.69, 9.17) is 10.5 Å². The van der Waals surface area contributed by atoms with E-state index < -0.39 is 0 Å². The maximum Gasteiger partial charge on any atom is 0.228 e. The Bertz CT molecular complexity index is 599. The molecule has 0 aliphatic heterocycles. The van der Waals surface area contributed by atoms with Crippen LogP contribution in [0.15, 0.2) is 54.6 Å². The molecule has 0 heterocycles. The number of carbonyl (C=O) groups excluding carboxylic acids is 1. The predicted molar refractivity (Wildman–Crippen MR) is 87.9 cm³/mol. The lowest BCUT2D eigenvalue weighted by Crippen LogP contribution is -2.34. The number of rotatable bonds is 7. The van der Waals surface area contributed by atoms with E-state index in [0.29, 0.717) is 13.1 Å². The summed E-state index contributed by atoms with van der Waals surface area (Å²) >= 11 is 0. The third kappa shape index (κ3) is 4.33. The zero-order valence-electron chi connectivity index (χ0n) is 12.8. The highest BCUT2D eigenvalue weighted by atomic mass is 16.5. The molecule has 2 aromatic carbocycles. The molecule has 116 valence electrons. The number of carbonyl (C=O) groups is 1. The maximum atomic E-state index is 12.3. The van der Waals surface area contributed by atoms with Gasteiger partial charge in [0.05, 0.1) is 13.0 Å². The second-order valence-corrected chi connectivity index (χ2v) is 5.09. The highest BCUT2D eigenvalue weighted by Gasteiger charge is 2.17. The summed E-state index contributed by atoms with van der Waals surface area (Å²) in [6, 6.07) is 17.5. The van der Waals surface area contributed by atoms with Crippen molar-refractivity contribution in [2.45, 2.75) is 12.3 Å². The van der Waals surface area contributed by atoms with Crippen molar-refractivity contribution in [2.75, 3.05) is 20.2 Å². The van der Waals surface area contributed by atoms with Crippen molar-refractivity contribution in [2.24, 2.45) is 5.73 Å². The fourth-order valence-electron chi connectivity index (χ4n) is 2.36. The molecular weight excluding hydrogens is 276 g/mol. The van der Waals surface area contributed by atoms with Gasteiger partial charge in [-0.3, -0.25) is 4.79 Å². The third-order valence-electron chi connectivity index (χ3n) is 3.60. The smallest absolute Gasteiger partial charge is 0.228 e. The summed E-state index contributed by atoms with van der Waals surface area (Å²) in [4.78, 5) is 12.3. The number of ether oxygens (including phenoxy) is 1. The van der Waals surface area contributed by atoms with Crippen LogP contribution in [0, 0.1) is 0 Å². The van der Waals surface area contributed by atoms with Crippen LogP contribution in [0.3, 0.4) is 0 Å². The molecule has 2 aromatic rings. The van der Waals surface area contributed by atoms with Gasteiger partial charge in [-0.2, -0.15) is 0 Å². The summed E-state index contributed by atoms with van der Waals surface area (Å²) in [5.74, 6) is 0.496. The molecule has 1 atom stereocenters. The Balaban J connectivity index is 1.89. The van der Waals surface area contributed by atoms with Crippen LogP contribution in [-0.2, 0) is 11.2 Å². The van der Waals surface area contributed by atoms with Gasteiger partial charge in [0.1, 0.15) is 5.75 Å². The van der Waals surface area contributed by atoms with E-state index >= 15 is 0 Å². The summed E-state index contributed by atoms with van der Waals surface area (Å²) in [7, 11) is 1.65. The molecule has 0 saturated carbocycles. The Morgan fingerprint density at radius 3 is 2.64 bits per heavy atom. The van der Waals surface area contributed by atoms with E-state index in [9.17, 15) is 4.79 Å². The lowest BCUT2D eigenvalue weighted by molar-refractivity contribution is -0.122. The molecule has 0 fully saturated rings. The number of amides is 1. The second-order valence-electron chi connectivity index (χ2n) is 5.09. The van der Waals surface area contributed by atoms with E-state index in [1.165, 1.54) is 0 Å². The molecule has 1 amide bonds. The Morgan fingerprint density at radius 2 is 1.95 bits per heavy atom. The normalized spacial score (nSPS) is 11.7. The van der Waals surface area contributed by atoms with Crippen LogP contribution in [0.1, 0.15) is 17.0 Å². The number of benzene rings is 2. The quantitative estimate of drug-likeness (QED) is 0.822. The molecule has 22 heavy (non-hydrogen) atoms. The second kappa shape index (κ2) is 8.20. The molecule has 2 rings (SSSR count). The summed E-state index contributed by atoms with van der Waals surface area (Å²) in [5.41, 5.74) is 7.83. The van der Waals surface area contributed by atoms with Gasteiger partial charge in [-0.1, -0.05) is 42.5 Å². The standard InChI is InChI=1S/C18H22N2O2/c1-22-16-9-5-6-14(12-16)10-11-20-18(21)17(13-19)15-7-3-2-4-8-15/h2-9,12,17H,10-11,13,19H2,1H3,(H,20,21). The minimum atomic E-state index is -0.300. The molecule has 0 spiro atoms. The monoisotopic (exact) mass is 298 g/mol. The molecule has 0 radical (unpaired) electrons. The Labute approximate surface area is 131 Å². The number of hydrogen-bond donors (Lipinski definition) is 2. The van der Waals surface area contributed by atoms with Gasteiger partial charge in [0.2, 0.25) is 5.91 Å². The fraction of sp³-hybridized carbons (Fsp3) is 0.278. The average molecular weight is 298 g/mol. The van der Waals surface area contributed by atoms with Gasteiger partial charge >= 0.3 is 0 Å². The van der Waals surface area contributed by atoms with E-state index in [1.807, 2.05) is 54.6 Å². The van der Waals surface area contributed by atoms with E-state index in [-0.39, 0.29) is 11.8 Å². The van der Waals surface area contributed by atoms with Crippen molar-refractivity contribution in [3.63, 3.8) is 0 Å². The van der Waals surface area contributed by atoms with Gasteiger partial charge in [-0.25, -0.2) is 0 Å². The minimum Gasteiger partial charge on any atom is -0.497 e. The van der Waals surface area contributed by atoms with Crippen molar-refractivity contribution in [3.05, 3.63) is 65.7 Å². The molecule has 0 aliphatic rings. The molecule has 0 aliphatic carbocycles. The fourth-order valence-corrected chi connectivity index (χ4v) is 2.36. The summed E-state index contributed by atoms with van der Waals surface area (Å²) < 4.78 is 5.19. The number of methoxy groups -OCH3 is 1. The molecule has 3 N–H and O–H groups in total. The molecule has 4 heteroatoms. The van der Waals surface area contributed by atoms with Crippen LogP contribution in [0.5, 0.6) is 5.75 Å². The van der Waals surface area contributed by atoms with Crippen molar-refractivity contribution in [1.29, 1.82) is 0 Å². The molecule has 4 nitrogen and oxygen atoms in total. The maximum absolute atomic E-state index is 12.3. The van der Waals surface area contributed by atoms with Crippen molar-refractivity contribution in [1.82, 2.24) is 5.32 Å². The first-order chi connectivity index (χ1) is 10.7. The summed E-state index contributed by atoms with van der Waals surface area (Å²) in [6.45, 7) is 0.879. The zero-order chi connectivity index (χ0) is 15.8. The number of hydrogen-bond acceptors (Lipinski definition) is 3. The van der Waals surface area contributed by atoms with E-state index in [0.717, 1.165) is 23.3 Å². The predicted octanol–water partition coefficient (Wildman–Crippen LogP) is 2.10. The largest absolute Gasteiger partial charge is 0.497 e. The topological polar surface area (TPSA) is 64.3 Å². The Kier molecular flexibility index (Phi) is 5.98. The van der Waals surface area contributed by atoms with Crippen LogP contribution >= 0.6 is 0 Å². The Hall–Kier alpha value is -2.33. The van der Waals surface area contributed by atoms with Crippen LogP contribution in [0.2, 0.25) is 0 Å². The first-order valence-electron chi connectivity index (χ1n) is 7.40. The highest BCUT2D eigenvalue weighted by molar-refractivity contribution is 5.83.